The van der Waals surface area contributed by atoms with Gasteiger partial charge in [-0.3, -0.25) is 0 Å². The molecule has 3 rings (SSSR count). The Morgan fingerprint density at radius 3 is 2.79 bits per heavy atom. The molecule has 102 valence electrons. The fraction of sp³-hybridized carbons (Fsp3) is 0.500. The Bertz CT molecular complexity index is 571. The van der Waals surface area contributed by atoms with E-state index in [1.165, 1.54) is 12.8 Å². The fourth-order valence-corrected chi connectivity index (χ4v) is 2.64. The Morgan fingerprint density at radius 2 is 2.11 bits per heavy atom. The molecule has 2 atom stereocenters. The number of fused-ring (bicyclic) bond motifs is 1. The van der Waals surface area contributed by atoms with E-state index in [0.29, 0.717) is 6.04 Å². The van der Waals surface area contributed by atoms with Crippen LogP contribution in [0.5, 0.6) is 5.75 Å². The lowest BCUT2D eigenvalue weighted by atomic mass is 10.1. The average molecular weight is 259 g/mol. The van der Waals surface area contributed by atoms with E-state index in [0.717, 1.165) is 28.4 Å². The van der Waals surface area contributed by atoms with Gasteiger partial charge in [0, 0.05) is 11.4 Å². The van der Waals surface area contributed by atoms with Gasteiger partial charge in [0.2, 0.25) is 0 Å². The monoisotopic (exact) mass is 259 g/mol. The van der Waals surface area contributed by atoms with Gasteiger partial charge >= 0.3 is 0 Å². The second-order valence-corrected chi connectivity index (χ2v) is 5.54. The number of rotatable bonds is 5. The standard InChI is InChI=1S/C16H21NO2/c1-10(12-7-8-12)17-11(2)15-9-13-5-4-6-14(18-3)16(13)19-15/h4-6,9-12,17H,7-8H2,1-3H3. The molecular formula is C16H21NO2. The van der Waals surface area contributed by atoms with Crippen LogP contribution in [0.3, 0.4) is 0 Å². The molecule has 1 aliphatic rings. The van der Waals surface area contributed by atoms with Crippen LogP contribution < -0.4 is 10.1 Å². The summed E-state index contributed by atoms with van der Waals surface area (Å²) in [4.78, 5) is 0. The van der Waals surface area contributed by atoms with Crippen LogP contribution in [-0.4, -0.2) is 13.2 Å². The van der Waals surface area contributed by atoms with Gasteiger partial charge in [-0.25, -0.2) is 0 Å². The summed E-state index contributed by atoms with van der Waals surface area (Å²) in [6, 6.07) is 8.88. The van der Waals surface area contributed by atoms with Crippen LogP contribution >= 0.6 is 0 Å². The molecule has 1 aromatic heterocycles. The van der Waals surface area contributed by atoms with Gasteiger partial charge < -0.3 is 14.5 Å². The zero-order valence-electron chi connectivity index (χ0n) is 11.8. The summed E-state index contributed by atoms with van der Waals surface area (Å²) in [7, 11) is 1.67. The molecule has 3 nitrogen and oxygen atoms in total. The smallest absolute Gasteiger partial charge is 0.176 e. The predicted molar refractivity (Wildman–Crippen MR) is 76.5 cm³/mol. The van der Waals surface area contributed by atoms with Crippen molar-refractivity contribution in [2.75, 3.05) is 7.11 Å². The molecule has 1 saturated carbocycles. The Morgan fingerprint density at radius 1 is 1.32 bits per heavy atom. The molecule has 1 fully saturated rings. The molecule has 0 aliphatic heterocycles. The Labute approximate surface area is 113 Å². The van der Waals surface area contributed by atoms with Crippen molar-refractivity contribution in [2.24, 2.45) is 5.92 Å². The molecule has 0 radical (unpaired) electrons. The molecule has 0 amide bonds. The highest BCUT2D eigenvalue weighted by Crippen LogP contribution is 2.35. The minimum atomic E-state index is 0.229. The van der Waals surface area contributed by atoms with Crippen LogP contribution in [0, 0.1) is 5.92 Å². The van der Waals surface area contributed by atoms with Crippen molar-refractivity contribution in [3.63, 3.8) is 0 Å². The molecular weight excluding hydrogens is 238 g/mol. The Kier molecular flexibility index (Phi) is 3.23. The van der Waals surface area contributed by atoms with Crippen molar-refractivity contribution in [1.29, 1.82) is 0 Å². The lowest BCUT2D eigenvalue weighted by Crippen LogP contribution is -2.30. The maximum atomic E-state index is 5.97. The number of hydrogen-bond acceptors (Lipinski definition) is 3. The van der Waals surface area contributed by atoms with Crippen molar-refractivity contribution in [3.05, 3.63) is 30.0 Å². The molecule has 1 aromatic carbocycles. The SMILES string of the molecule is COc1cccc2cc(C(C)NC(C)C3CC3)oc12. The quantitative estimate of drug-likeness (QED) is 0.884. The van der Waals surface area contributed by atoms with Gasteiger partial charge in [-0.15, -0.1) is 0 Å². The number of hydrogen-bond donors (Lipinski definition) is 1. The number of benzene rings is 1. The van der Waals surface area contributed by atoms with Crippen molar-refractivity contribution >= 4 is 11.0 Å². The third kappa shape index (κ3) is 2.47. The first kappa shape index (κ1) is 12.5. The molecule has 1 heterocycles. The van der Waals surface area contributed by atoms with E-state index in [9.17, 15) is 0 Å². The minimum absolute atomic E-state index is 0.229. The van der Waals surface area contributed by atoms with E-state index in [2.05, 4.69) is 31.3 Å². The topological polar surface area (TPSA) is 34.4 Å². The number of methoxy groups -OCH3 is 1. The highest BCUT2D eigenvalue weighted by molar-refractivity contribution is 5.83. The molecule has 0 spiro atoms. The molecule has 3 heteroatoms. The third-order valence-electron chi connectivity index (χ3n) is 4.02. The highest BCUT2D eigenvalue weighted by atomic mass is 16.5. The molecule has 19 heavy (non-hydrogen) atoms. The first-order valence-electron chi connectivity index (χ1n) is 7.01. The molecule has 0 bridgehead atoms. The minimum Gasteiger partial charge on any atom is -0.493 e. The van der Waals surface area contributed by atoms with E-state index in [-0.39, 0.29) is 6.04 Å². The van der Waals surface area contributed by atoms with E-state index in [1.54, 1.807) is 7.11 Å². The van der Waals surface area contributed by atoms with Crippen molar-refractivity contribution < 1.29 is 9.15 Å². The van der Waals surface area contributed by atoms with Crippen LogP contribution in [-0.2, 0) is 0 Å². The van der Waals surface area contributed by atoms with Gasteiger partial charge in [-0.2, -0.15) is 0 Å². The van der Waals surface area contributed by atoms with E-state index < -0.39 is 0 Å². The average Bonchev–Trinajstić information content (AvgIpc) is 3.16. The number of ether oxygens (including phenoxy) is 1. The summed E-state index contributed by atoms with van der Waals surface area (Å²) in [6.07, 6.45) is 2.71. The van der Waals surface area contributed by atoms with Gasteiger partial charge in [0.25, 0.3) is 0 Å². The fourth-order valence-electron chi connectivity index (χ4n) is 2.64. The maximum Gasteiger partial charge on any atom is 0.176 e. The summed E-state index contributed by atoms with van der Waals surface area (Å²) in [5.74, 6) is 2.62. The van der Waals surface area contributed by atoms with Gasteiger partial charge in [-0.1, -0.05) is 12.1 Å². The van der Waals surface area contributed by atoms with Gasteiger partial charge in [0.05, 0.1) is 13.2 Å². The molecule has 0 saturated heterocycles. The predicted octanol–water partition coefficient (Wildman–Crippen LogP) is 3.89. The first-order chi connectivity index (χ1) is 9.19. The van der Waals surface area contributed by atoms with Crippen LogP contribution in [0.2, 0.25) is 0 Å². The van der Waals surface area contributed by atoms with Gasteiger partial charge in [0.1, 0.15) is 5.76 Å². The summed E-state index contributed by atoms with van der Waals surface area (Å²) < 4.78 is 11.3. The zero-order chi connectivity index (χ0) is 13.4. The van der Waals surface area contributed by atoms with Crippen LogP contribution in [0.1, 0.15) is 38.5 Å². The highest BCUT2D eigenvalue weighted by Gasteiger charge is 2.29. The van der Waals surface area contributed by atoms with E-state index in [4.69, 9.17) is 9.15 Å². The summed E-state index contributed by atoms with van der Waals surface area (Å²) in [6.45, 7) is 4.42. The molecule has 1 aliphatic carbocycles. The third-order valence-corrected chi connectivity index (χ3v) is 4.02. The number of para-hydroxylation sites is 1. The van der Waals surface area contributed by atoms with Gasteiger partial charge in [0.15, 0.2) is 11.3 Å². The normalized spacial score (nSPS) is 18.5. The Hall–Kier alpha value is -1.48. The second kappa shape index (κ2) is 4.89. The molecule has 1 N–H and O–H groups in total. The van der Waals surface area contributed by atoms with Crippen molar-refractivity contribution in [3.8, 4) is 5.75 Å². The van der Waals surface area contributed by atoms with Crippen LogP contribution in [0.4, 0.5) is 0 Å². The summed E-state index contributed by atoms with van der Waals surface area (Å²) in [5.41, 5.74) is 0.840. The van der Waals surface area contributed by atoms with Crippen LogP contribution in [0.15, 0.2) is 28.7 Å². The van der Waals surface area contributed by atoms with E-state index >= 15 is 0 Å². The summed E-state index contributed by atoms with van der Waals surface area (Å²) >= 11 is 0. The number of nitrogens with one attached hydrogen (secondary N) is 1. The first-order valence-corrected chi connectivity index (χ1v) is 7.01. The maximum absolute atomic E-state index is 5.97. The van der Waals surface area contributed by atoms with Crippen molar-refractivity contribution in [1.82, 2.24) is 5.32 Å². The molecule has 2 aromatic rings. The lowest BCUT2D eigenvalue weighted by Gasteiger charge is -2.17. The number of furan rings is 1. The second-order valence-electron chi connectivity index (χ2n) is 5.54. The Balaban J connectivity index is 1.83. The molecule has 2 unspecified atom stereocenters. The largest absolute Gasteiger partial charge is 0.493 e. The van der Waals surface area contributed by atoms with E-state index in [1.807, 2.05) is 12.1 Å². The van der Waals surface area contributed by atoms with Crippen molar-refractivity contribution in [2.45, 2.75) is 38.8 Å². The lowest BCUT2D eigenvalue weighted by molar-refractivity contribution is 0.379. The zero-order valence-corrected chi connectivity index (χ0v) is 11.8. The summed E-state index contributed by atoms with van der Waals surface area (Å²) in [5, 5.41) is 4.72. The van der Waals surface area contributed by atoms with Gasteiger partial charge in [-0.05, 0) is 44.7 Å². The van der Waals surface area contributed by atoms with Crippen LogP contribution in [0.25, 0.3) is 11.0 Å².